The molecule has 8 heteroatoms. The van der Waals surface area contributed by atoms with E-state index in [1.807, 2.05) is 36.0 Å². The summed E-state index contributed by atoms with van der Waals surface area (Å²) >= 11 is 0. The highest BCUT2D eigenvalue weighted by Crippen LogP contribution is 2.23. The van der Waals surface area contributed by atoms with Crippen LogP contribution in [-0.2, 0) is 13.0 Å². The Bertz CT molecular complexity index is 1580. The number of para-hydroxylation sites is 1. The molecule has 4 heterocycles. The van der Waals surface area contributed by atoms with Gasteiger partial charge in [-0.2, -0.15) is 5.10 Å². The first-order chi connectivity index (χ1) is 18.9. The van der Waals surface area contributed by atoms with Crippen molar-refractivity contribution in [3.05, 3.63) is 95.5 Å². The van der Waals surface area contributed by atoms with Gasteiger partial charge in [0, 0.05) is 68.4 Å². The second kappa shape index (κ2) is 11.4. The van der Waals surface area contributed by atoms with Crippen molar-refractivity contribution in [3.63, 3.8) is 0 Å². The number of benzene rings is 1. The van der Waals surface area contributed by atoms with Gasteiger partial charge in [-0.25, -0.2) is 9.36 Å². The van der Waals surface area contributed by atoms with E-state index in [-0.39, 0.29) is 0 Å². The molecule has 1 aromatic carbocycles. The second-order valence-corrected chi connectivity index (χ2v) is 10.3. The zero-order valence-electron chi connectivity index (χ0n) is 23.6. The van der Waals surface area contributed by atoms with Crippen molar-refractivity contribution in [1.82, 2.24) is 34.3 Å². The summed E-state index contributed by atoms with van der Waals surface area (Å²) < 4.78 is 3.68. The predicted octanol–water partition coefficient (Wildman–Crippen LogP) is 4.52. The first kappa shape index (κ1) is 26.6. The van der Waals surface area contributed by atoms with E-state index in [1.165, 1.54) is 22.2 Å². The van der Waals surface area contributed by atoms with Gasteiger partial charge in [0.15, 0.2) is 5.82 Å². The van der Waals surface area contributed by atoms with Crippen molar-refractivity contribution in [2.45, 2.75) is 40.2 Å². The summed E-state index contributed by atoms with van der Waals surface area (Å²) in [6.07, 6.45) is 3.70. The zero-order chi connectivity index (χ0) is 27.5. The number of pyridine rings is 1. The summed E-state index contributed by atoms with van der Waals surface area (Å²) in [4.78, 5) is 13.9. The molecule has 1 aliphatic rings. The fraction of sp³-hybridized carbons (Fsp3) is 0.355. The molecule has 0 N–H and O–H groups in total. The molecule has 4 aromatic rings. The highest BCUT2D eigenvalue weighted by Gasteiger charge is 2.20. The minimum absolute atomic E-state index is 0.758. The Hall–Kier alpha value is -4.04. The monoisotopic (exact) mass is 522 g/mol. The van der Waals surface area contributed by atoms with Crippen molar-refractivity contribution >= 4 is 16.6 Å². The Morgan fingerprint density at radius 1 is 0.974 bits per heavy atom. The quantitative estimate of drug-likeness (QED) is 0.340. The Labute approximate surface area is 230 Å². The minimum Gasteiger partial charge on any atom is -0.373 e. The van der Waals surface area contributed by atoms with Crippen LogP contribution in [0.2, 0.25) is 0 Å². The van der Waals surface area contributed by atoms with E-state index in [4.69, 9.17) is 10.2 Å². The van der Waals surface area contributed by atoms with Gasteiger partial charge in [0.25, 0.3) is 0 Å². The molecule has 5 rings (SSSR count). The maximum absolute atomic E-state index is 4.82. The van der Waals surface area contributed by atoms with E-state index >= 15 is 0 Å². The van der Waals surface area contributed by atoms with E-state index in [0.717, 1.165) is 79.5 Å². The van der Waals surface area contributed by atoms with Crippen LogP contribution in [0.15, 0.2) is 72.5 Å². The lowest BCUT2D eigenvalue weighted by molar-refractivity contribution is 0.150. The summed E-state index contributed by atoms with van der Waals surface area (Å²) in [7, 11) is 1.76. The molecule has 0 radical (unpaired) electrons. The lowest BCUT2D eigenvalue weighted by Gasteiger charge is -2.37. The lowest BCUT2D eigenvalue weighted by atomic mass is 10.1. The molecule has 0 unspecified atom stereocenters. The maximum atomic E-state index is 4.82. The van der Waals surface area contributed by atoms with Crippen molar-refractivity contribution in [1.29, 1.82) is 0 Å². The number of nitrogens with zero attached hydrogens (tertiary/aromatic N) is 8. The Kier molecular flexibility index (Phi) is 7.74. The van der Waals surface area contributed by atoms with Crippen molar-refractivity contribution in [2.75, 3.05) is 33.2 Å². The summed E-state index contributed by atoms with van der Waals surface area (Å²) in [6.45, 7) is 19.6. The molecule has 1 aliphatic heterocycles. The number of allylic oxidation sites excluding steroid dienone is 2. The number of fused-ring (bicyclic) bond motifs is 1. The van der Waals surface area contributed by atoms with Gasteiger partial charge >= 0.3 is 0 Å². The number of aromatic nitrogens is 5. The maximum Gasteiger partial charge on any atom is 0.174 e. The number of aryl methyl sites for hydroxylation is 1. The van der Waals surface area contributed by atoms with E-state index in [1.54, 1.807) is 11.7 Å². The highest BCUT2D eigenvalue weighted by atomic mass is 15.4. The van der Waals surface area contributed by atoms with Crippen LogP contribution in [0.3, 0.4) is 0 Å². The van der Waals surface area contributed by atoms with Gasteiger partial charge in [0.1, 0.15) is 5.49 Å². The van der Waals surface area contributed by atoms with E-state index in [2.05, 4.69) is 71.0 Å². The molecule has 0 aliphatic carbocycles. The molecule has 8 nitrogen and oxygen atoms in total. The minimum atomic E-state index is 0.758. The molecule has 1 saturated heterocycles. The van der Waals surface area contributed by atoms with Crippen molar-refractivity contribution in [2.24, 2.45) is 4.99 Å². The SMILES string of the molecule is C=C(CCc1c(C)nn(-c2ccc(=NC)n(C(=C)C)n2)c1C)N1CCN(Cc2cccc3cccnc23)CC1. The van der Waals surface area contributed by atoms with E-state index < -0.39 is 0 Å². The van der Waals surface area contributed by atoms with Crippen LogP contribution >= 0.6 is 0 Å². The van der Waals surface area contributed by atoms with Crippen LogP contribution in [0.5, 0.6) is 0 Å². The molecule has 0 bridgehead atoms. The summed E-state index contributed by atoms with van der Waals surface area (Å²) in [6, 6.07) is 14.5. The standard InChI is InChI=1S/C31H38N8/c1-22(2)38-29(32-6)14-15-30(35-38)39-25(5)28(24(4)34-39)13-12-23(3)37-19-17-36(18-20-37)21-27-10-7-9-26-11-8-16-33-31(26)27/h7-11,14-16H,1,3,12-13,17-21H2,2,4-6H3. The van der Waals surface area contributed by atoms with Crippen molar-refractivity contribution in [3.8, 4) is 5.82 Å². The molecule has 39 heavy (non-hydrogen) atoms. The summed E-state index contributed by atoms with van der Waals surface area (Å²) in [5.74, 6) is 0.758. The number of hydrogen-bond acceptors (Lipinski definition) is 6. The van der Waals surface area contributed by atoms with E-state index in [0.29, 0.717) is 0 Å². The van der Waals surface area contributed by atoms with Gasteiger partial charge < -0.3 is 4.90 Å². The second-order valence-electron chi connectivity index (χ2n) is 10.3. The van der Waals surface area contributed by atoms with Gasteiger partial charge in [-0.3, -0.25) is 14.9 Å². The van der Waals surface area contributed by atoms with Gasteiger partial charge in [0.2, 0.25) is 0 Å². The first-order valence-corrected chi connectivity index (χ1v) is 13.6. The fourth-order valence-corrected chi connectivity index (χ4v) is 5.42. The molecule has 1 fully saturated rings. The molecular weight excluding hydrogens is 484 g/mol. The molecule has 0 atom stereocenters. The van der Waals surface area contributed by atoms with Crippen LogP contribution in [-0.4, -0.2) is 67.6 Å². The van der Waals surface area contributed by atoms with Gasteiger partial charge in [0.05, 0.1) is 11.2 Å². The fourth-order valence-electron chi connectivity index (χ4n) is 5.42. The molecule has 0 amide bonds. The van der Waals surface area contributed by atoms with Gasteiger partial charge in [-0.05, 0) is 62.9 Å². The summed E-state index contributed by atoms with van der Waals surface area (Å²) in [5.41, 5.74) is 8.57. The molecular formula is C31H38N8. The van der Waals surface area contributed by atoms with Crippen LogP contribution in [0.4, 0.5) is 0 Å². The Morgan fingerprint density at radius 3 is 2.49 bits per heavy atom. The Balaban J connectivity index is 1.20. The van der Waals surface area contributed by atoms with E-state index in [9.17, 15) is 0 Å². The predicted molar refractivity (Wildman–Crippen MR) is 157 cm³/mol. The number of rotatable bonds is 8. The topological polar surface area (TPSA) is 67.4 Å². The smallest absolute Gasteiger partial charge is 0.174 e. The third-order valence-electron chi connectivity index (χ3n) is 7.64. The zero-order valence-corrected chi connectivity index (χ0v) is 23.6. The highest BCUT2D eigenvalue weighted by molar-refractivity contribution is 5.81. The number of piperazine rings is 1. The van der Waals surface area contributed by atoms with Crippen LogP contribution in [0.1, 0.15) is 35.9 Å². The summed E-state index contributed by atoms with van der Waals surface area (Å²) in [5, 5.41) is 10.8. The van der Waals surface area contributed by atoms with Gasteiger partial charge in [-0.1, -0.05) is 37.4 Å². The molecule has 3 aromatic heterocycles. The first-order valence-electron chi connectivity index (χ1n) is 13.6. The average Bonchev–Trinajstić information content (AvgIpc) is 3.24. The molecule has 0 spiro atoms. The Morgan fingerprint density at radius 2 is 1.74 bits per heavy atom. The van der Waals surface area contributed by atoms with Crippen LogP contribution < -0.4 is 5.49 Å². The van der Waals surface area contributed by atoms with Gasteiger partial charge in [-0.15, -0.1) is 5.10 Å². The van der Waals surface area contributed by atoms with Crippen LogP contribution in [0.25, 0.3) is 22.4 Å². The molecule has 0 saturated carbocycles. The van der Waals surface area contributed by atoms with Crippen molar-refractivity contribution < 1.29 is 0 Å². The third kappa shape index (κ3) is 5.56. The third-order valence-corrected chi connectivity index (χ3v) is 7.64. The lowest BCUT2D eigenvalue weighted by Crippen LogP contribution is -2.45. The number of hydrogen-bond donors (Lipinski definition) is 0. The largest absolute Gasteiger partial charge is 0.373 e. The molecule has 202 valence electrons. The van der Waals surface area contributed by atoms with Crippen LogP contribution in [0, 0.1) is 13.8 Å². The average molecular weight is 523 g/mol. The normalized spacial score (nSPS) is 14.8.